The lowest BCUT2D eigenvalue weighted by molar-refractivity contribution is -0.139. The molecule has 2 fully saturated rings. The van der Waals surface area contributed by atoms with Gasteiger partial charge in [-0.2, -0.15) is 0 Å². The third kappa shape index (κ3) is 4.18. The Kier molecular flexibility index (Phi) is 6.06. The number of hydrogen-bond donors (Lipinski definition) is 0. The third-order valence-corrected chi connectivity index (χ3v) is 6.93. The zero-order chi connectivity index (χ0) is 24.7. The van der Waals surface area contributed by atoms with Crippen LogP contribution in [0.15, 0.2) is 54.6 Å². The summed E-state index contributed by atoms with van der Waals surface area (Å²) in [6.07, 6.45) is 4.93. The number of esters is 1. The number of nitrogens with zero attached hydrogens (tertiary/aromatic N) is 2. The predicted octanol–water partition coefficient (Wildman–Crippen LogP) is 3.76. The fourth-order valence-electron chi connectivity index (χ4n) is 4.91. The molecule has 2 aliphatic heterocycles. The smallest absolute Gasteiger partial charge is 0.316 e. The number of methoxy groups -OCH3 is 1. The van der Waals surface area contributed by atoms with Gasteiger partial charge in [-0.1, -0.05) is 29.8 Å². The lowest BCUT2D eigenvalue weighted by atomic mass is 9.85. The maximum atomic E-state index is 12.9. The van der Waals surface area contributed by atoms with Crippen LogP contribution in [0.25, 0.3) is 0 Å². The summed E-state index contributed by atoms with van der Waals surface area (Å²) < 4.78 is 10.9. The highest BCUT2D eigenvalue weighted by atomic mass is 35.5. The van der Waals surface area contributed by atoms with E-state index in [9.17, 15) is 19.2 Å². The summed E-state index contributed by atoms with van der Waals surface area (Å²) in [5.74, 6) is -2.01. The van der Waals surface area contributed by atoms with Crippen molar-refractivity contribution in [2.24, 2.45) is 17.8 Å². The van der Waals surface area contributed by atoms with Crippen LogP contribution in [0.4, 0.5) is 11.4 Å². The molecule has 0 N–H and O–H groups in total. The van der Waals surface area contributed by atoms with Crippen LogP contribution in [0.2, 0.25) is 5.02 Å². The lowest BCUT2D eigenvalue weighted by Gasteiger charge is -2.20. The summed E-state index contributed by atoms with van der Waals surface area (Å²) in [7, 11) is 1.49. The van der Waals surface area contributed by atoms with Crippen molar-refractivity contribution in [1.29, 1.82) is 0 Å². The van der Waals surface area contributed by atoms with Gasteiger partial charge in [-0.15, -0.1) is 0 Å². The second-order valence-electron chi connectivity index (χ2n) is 8.81. The number of imide groups is 1. The van der Waals surface area contributed by atoms with E-state index >= 15 is 0 Å². The van der Waals surface area contributed by atoms with Crippen LogP contribution in [0.3, 0.4) is 0 Å². The molecule has 0 radical (unpaired) electrons. The first-order valence-electron chi connectivity index (χ1n) is 11.4. The lowest BCUT2D eigenvalue weighted by Crippen LogP contribution is -2.31. The monoisotopic (exact) mass is 494 g/mol. The standard InChI is InChI=1S/C26H23ClN2O6/c1-34-22-10-9-16(27)12-21(22)28-14-15(11-23(28)30)26(33)35-18-6-4-5-17(13-18)29-24(31)19-7-2-3-8-20(19)25(29)32/h2-6,9-10,12-13,15,19-20H,7-8,11,14H2,1H3/t15-,19-,20-/m1/s1. The zero-order valence-electron chi connectivity index (χ0n) is 19.0. The highest BCUT2D eigenvalue weighted by molar-refractivity contribution is 6.31. The molecule has 0 spiro atoms. The average Bonchev–Trinajstić information content (AvgIpc) is 3.37. The maximum Gasteiger partial charge on any atom is 0.316 e. The molecule has 5 rings (SSSR count). The molecule has 35 heavy (non-hydrogen) atoms. The van der Waals surface area contributed by atoms with Gasteiger partial charge >= 0.3 is 5.97 Å². The molecule has 2 aromatic rings. The van der Waals surface area contributed by atoms with Gasteiger partial charge in [0.15, 0.2) is 0 Å². The molecule has 0 aromatic heterocycles. The van der Waals surface area contributed by atoms with Gasteiger partial charge in [0.1, 0.15) is 11.5 Å². The van der Waals surface area contributed by atoms with Gasteiger partial charge in [0, 0.05) is 24.1 Å². The highest BCUT2D eigenvalue weighted by Gasteiger charge is 2.48. The van der Waals surface area contributed by atoms with Crippen molar-refractivity contribution in [2.45, 2.75) is 19.3 Å². The first-order valence-corrected chi connectivity index (χ1v) is 11.7. The molecule has 9 heteroatoms. The topological polar surface area (TPSA) is 93.2 Å². The van der Waals surface area contributed by atoms with Crippen LogP contribution in [0, 0.1) is 17.8 Å². The molecule has 3 amide bonds. The minimum absolute atomic E-state index is 0.0202. The summed E-state index contributed by atoms with van der Waals surface area (Å²) in [6.45, 7) is 0.119. The second-order valence-corrected chi connectivity index (χ2v) is 9.24. The van der Waals surface area contributed by atoms with E-state index in [2.05, 4.69) is 0 Å². The Bertz CT molecular complexity index is 1230. The van der Waals surface area contributed by atoms with Crippen LogP contribution in [-0.2, 0) is 19.2 Å². The number of halogens is 1. The number of amides is 3. The van der Waals surface area contributed by atoms with E-state index in [4.69, 9.17) is 21.1 Å². The van der Waals surface area contributed by atoms with Gasteiger partial charge in [0.05, 0.1) is 36.2 Å². The number of benzene rings is 2. The molecule has 3 aliphatic rings. The van der Waals surface area contributed by atoms with Crippen molar-refractivity contribution >= 4 is 46.7 Å². The van der Waals surface area contributed by atoms with Gasteiger partial charge in [-0.25, -0.2) is 4.90 Å². The Labute approximate surface area is 207 Å². The molecular formula is C26H23ClN2O6. The van der Waals surface area contributed by atoms with E-state index in [1.165, 1.54) is 23.0 Å². The Balaban J connectivity index is 1.30. The zero-order valence-corrected chi connectivity index (χ0v) is 19.7. The Hall–Kier alpha value is -3.65. The normalized spacial score (nSPS) is 23.6. The summed E-state index contributed by atoms with van der Waals surface area (Å²) in [4.78, 5) is 54.0. The van der Waals surface area contributed by atoms with E-state index < -0.39 is 11.9 Å². The first kappa shape index (κ1) is 23.1. The Morgan fingerprint density at radius 3 is 2.40 bits per heavy atom. The van der Waals surface area contributed by atoms with Gasteiger partial charge < -0.3 is 14.4 Å². The quantitative estimate of drug-likeness (QED) is 0.272. The van der Waals surface area contributed by atoms with Gasteiger partial charge in [-0.3, -0.25) is 19.2 Å². The molecule has 0 saturated carbocycles. The molecule has 0 bridgehead atoms. The van der Waals surface area contributed by atoms with Crippen LogP contribution >= 0.6 is 11.6 Å². The number of carbonyl (C=O) groups is 4. The summed E-state index contributed by atoms with van der Waals surface area (Å²) in [5.41, 5.74) is 0.858. The van der Waals surface area contributed by atoms with Crippen molar-refractivity contribution in [3.63, 3.8) is 0 Å². The molecule has 2 aromatic carbocycles. The number of anilines is 2. The molecule has 8 nitrogen and oxygen atoms in total. The fourth-order valence-corrected chi connectivity index (χ4v) is 5.08. The maximum absolute atomic E-state index is 12.9. The highest BCUT2D eigenvalue weighted by Crippen LogP contribution is 2.39. The summed E-state index contributed by atoms with van der Waals surface area (Å²) >= 11 is 6.09. The Morgan fingerprint density at radius 2 is 1.71 bits per heavy atom. The minimum atomic E-state index is -0.696. The molecule has 180 valence electrons. The van der Waals surface area contributed by atoms with E-state index in [-0.39, 0.29) is 48.3 Å². The van der Waals surface area contributed by atoms with Crippen molar-refractivity contribution < 1.29 is 28.7 Å². The molecule has 2 saturated heterocycles. The number of hydrogen-bond acceptors (Lipinski definition) is 6. The van der Waals surface area contributed by atoms with Crippen LogP contribution in [0.5, 0.6) is 11.5 Å². The molecule has 2 heterocycles. The second kappa shape index (κ2) is 9.19. The third-order valence-electron chi connectivity index (χ3n) is 6.69. The summed E-state index contributed by atoms with van der Waals surface area (Å²) in [6, 6.07) is 11.3. The van der Waals surface area contributed by atoms with E-state index in [0.29, 0.717) is 35.0 Å². The van der Waals surface area contributed by atoms with Crippen molar-refractivity contribution in [3.8, 4) is 11.5 Å². The number of rotatable bonds is 5. The minimum Gasteiger partial charge on any atom is -0.495 e. The van der Waals surface area contributed by atoms with Crippen LogP contribution in [-0.4, -0.2) is 37.3 Å². The van der Waals surface area contributed by atoms with E-state index in [1.807, 2.05) is 12.2 Å². The van der Waals surface area contributed by atoms with E-state index in [1.54, 1.807) is 36.4 Å². The molecule has 0 unspecified atom stereocenters. The SMILES string of the molecule is COc1ccc(Cl)cc1N1C[C@H](C(=O)Oc2cccc(N3C(=O)[C@@H]4CC=CC[C@H]4C3=O)c2)CC1=O. The van der Waals surface area contributed by atoms with E-state index in [0.717, 1.165) is 0 Å². The van der Waals surface area contributed by atoms with Gasteiger partial charge in [0.2, 0.25) is 17.7 Å². The van der Waals surface area contributed by atoms with Gasteiger partial charge in [-0.05, 0) is 43.2 Å². The molecule has 3 atom stereocenters. The van der Waals surface area contributed by atoms with Gasteiger partial charge in [0.25, 0.3) is 0 Å². The molecular weight excluding hydrogens is 472 g/mol. The average molecular weight is 495 g/mol. The number of ether oxygens (including phenoxy) is 2. The fraction of sp³-hybridized carbons (Fsp3) is 0.308. The number of allylic oxidation sites excluding steroid dienone is 2. The van der Waals surface area contributed by atoms with Crippen LogP contribution < -0.4 is 19.3 Å². The van der Waals surface area contributed by atoms with Crippen molar-refractivity contribution in [2.75, 3.05) is 23.5 Å². The largest absolute Gasteiger partial charge is 0.495 e. The Morgan fingerprint density at radius 1 is 1.00 bits per heavy atom. The first-order chi connectivity index (χ1) is 16.9. The number of carbonyl (C=O) groups excluding carboxylic acids is 4. The predicted molar refractivity (Wildman–Crippen MR) is 128 cm³/mol. The van der Waals surface area contributed by atoms with Crippen molar-refractivity contribution in [1.82, 2.24) is 0 Å². The number of fused-ring (bicyclic) bond motifs is 1. The molecule has 1 aliphatic carbocycles. The van der Waals surface area contributed by atoms with Crippen LogP contribution in [0.1, 0.15) is 19.3 Å². The summed E-state index contributed by atoms with van der Waals surface area (Å²) in [5, 5.41) is 0.443. The van der Waals surface area contributed by atoms with Crippen molar-refractivity contribution in [3.05, 3.63) is 59.6 Å².